The van der Waals surface area contributed by atoms with Crippen molar-refractivity contribution in [1.82, 2.24) is 9.62 Å². The Morgan fingerprint density at radius 2 is 1.77 bits per heavy atom. The van der Waals surface area contributed by atoms with E-state index < -0.39 is 15.8 Å². The van der Waals surface area contributed by atoms with Gasteiger partial charge in [-0.2, -0.15) is 0 Å². The minimum atomic E-state index is -3.94. The normalized spacial score (nSPS) is 16.5. The van der Waals surface area contributed by atoms with Gasteiger partial charge in [0.25, 0.3) is 0 Å². The van der Waals surface area contributed by atoms with Crippen LogP contribution in [-0.4, -0.2) is 40.1 Å². The second kappa shape index (κ2) is 8.16. The van der Waals surface area contributed by atoms with Crippen molar-refractivity contribution in [3.05, 3.63) is 59.9 Å². The molecule has 1 unspecified atom stereocenters. The fraction of sp³-hybridized carbons (Fsp3) is 0.368. The Kier molecular flexibility index (Phi) is 5.90. The average Bonchev–Trinajstić information content (AvgIpc) is 3.17. The van der Waals surface area contributed by atoms with E-state index in [0.29, 0.717) is 0 Å². The number of para-hydroxylation sites is 1. The van der Waals surface area contributed by atoms with Crippen LogP contribution in [0.25, 0.3) is 0 Å². The third-order valence-electron chi connectivity index (χ3n) is 4.67. The minimum absolute atomic E-state index is 0.150. The number of rotatable bonds is 7. The fourth-order valence-electron chi connectivity index (χ4n) is 3.36. The van der Waals surface area contributed by atoms with E-state index in [0.717, 1.165) is 43.3 Å². The van der Waals surface area contributed by atoms with Crippen molar-refractivity contribution in [2.45, 2.75) is 23.8 Å². The van der Waals surface area contributed by atoms with Gasteiger partial charge in [-0.15, -0.1) is 0 Å². The first kappa shape index (κ1) is 18.8. The summed E-state index contributed by atoms with van der Waals surface area (Å²) in [6.07, 6.45) is 2.15. The van der Waals surface area contributed by atoms with E-state index in [9.17, 15) is 12.8 Å². The van der Waals surface area contributed by atoms with Gasteiger partial charge in [-0.1, -0.05) is 30.3 Å². The van der Waals surface area contributed by atoms with Crippen LogP contribution in [0.4, 0.5) is 4.39 Å². The van der Waals surface area contributed by atoms with Crippen LogP contribution in [0.15, 0.2) is 53.4 Å². The standard InChI is InChI=1S/C19H23FN2O3S/c1-25-18-10-4-2-8-15(18)17(22-12-6-7-13-22)14-21-26(23,24)19-11-5-3-9-16(19)20/h2-5,8-11,17,21H,6-7,12-14H2,1H3. The SMILES string of the molecule is COc1ccccc1C(CNS(=O)(=O)c1ccccc1F)N1CCCC1. The van der Waals surface area contributed by atoms with Gasteiger partial charge in [-0.3, -0.25) is 4.90 Å². The summed E-state index contributed by atoms with van der Waals surface area (Å²) in [4.78, 5) is 1.90. The van der Waals surface area contributed by atoms with E-state index in [1.807, 2.05) is 24.3 Å². The van der Waals surface area contributed by atoms with Crippen molar-refractivity contribution in [2.75, 3.05) is 26.7 Å². The minimum Gasteiger partial charge on any atom is -0.496 e. The summed E-state index contributed by atoms with van der Waals surface area (Å²) in [7, 11) is -2.34. The van der Waals surface area contributed by atoms with Gasteiger partial charge in [0.2, 0.25) is 10.0 Å². The number of hydrogen-bond acceptors (Lipinski definition) is 4. The molecule has 0 bridgehead atoms. The van der Waals surface area contributed by atoms with Crippen LogP contribution in [0.3, 0.4) is 0 Å². The Morgan fingerprint density at radius 3 is 2.46 bits per heavy atom. The third-order valence-corrected chi connectivity index (χ3v) is 6.13. The van der Waals surface area contributed by atoms with Crippen LogP contribution in [0.5, 0.6) is 5.75 Å². The number of hydrogen-bond donors (Lipinski definition) is 1. The maximum absolute atomic E-state index is 13.9. The predicted octanol–water partition coefficient (Wildman–Crippen LogP) is 2.95. The number of nitrogens with zero attached hydrogens (tertiary/aromatic N) is 1. The molecule has 26 heavy (non-hydrogen) atoms. The van der Waals surface area contributed by atoms with Gasteiger partial charge in [0.15, 0.2) is 0 Å². The van der Waals surface area contributed by atoms with E-state index in [1.54, 1.807) is 7.11 Å². The number of methoxy groups -OCH3 is 1. The third kappa shape index (κ3) is 4.06. The molecule has 0 spiro atoms. The molecule has 3 rings (SSSR count). The molecule has 0 saturated carbocycles. The lowest BCUT2D eigenvalue weighted by atomic mass is 10.0. The molecule has 2 aromatic rings. The molecule has 0 aromatic heterocycles. The zero-order chi connectivity index (χ0) is 18.6. The molecular formula is C19H23FN2O3S. The molecule has 0 aliphatic carbocycles. The van der Waals surface area contributed by atoms with Gasteiger partial charge in [0.1, 0.15) is 16.5 Å². The summed E-state index contributed by atoms with van der Waals surface area (Å²) in [6, 6.07) is 12.8. The molecule has 1 fully saturated rings. The molecule has 140 valence electrons. The summed E-state index contributed by atoms with van der Waals surface area (Å²) >= 11 is 0. The first-order valence-electron chi connectivity index (χ1n) is 8.64. The van der Waals surface area contributed by atoms with Gasteiger partial charge >= 0.3 is 0 Å². The molecule has 1 atom stereocenters. The van der Waals surface area contributed by atoms with E-state index >= 15 is 0 Å². The number of ether oxygens (including phenoxy) is 1. The summed E-state index contributed by atoms with van der Waals surface area (Å²) in [5.41, 5.74) is 0.924. The topological polar surface area (TPSA) is 58.6 Å². The monoisotopic (exact) mass is 378 g/mol. The van der Waals surface area contributed by atoms with Crippen molar-refractivity contribution >= 4 is 10.0 Å². The van der Waals surface area contributed by atoms with Crippen molar-refractivity contribution in [3.63, 3.8) is 0 Å². The zero-order valence-corrected chi connectivity index (χ0v) is 15.5. The first-order valence-corrected chi connectivity index (χ1v) is 10.1. The summed E-state index contributed by atoms with van der Waals surface area (Å²) in [5.74, 6) is -0.0375. The zero-order valence-electron chi connectivity index (χ0n) is 14.7. The van der Waals surface area contributed by atoms with Gasteiger partial charge < -0.3 is 4.74 Å². The quantitative estimate of drug-likeness (QED) is 0.805. The highest BCUT2D eigenvalue weighted by molar-refractivity contribution is 7.89. The molecule has 0 radical (unpaired) electrons. The smallest absolute Gasteiger partial charge is 0.243 e. The number of likely N-dealkylation sites (tertiary alicyclic amines) is 1. The number of sulfonamides is 1. The highest BCUT2D eigenvalue weighted by atomic mass is 32.2. The fourth-order valence-corrected chi connectivity index (χ4v) is 4.48. The second-order valence-corrected chi connectivity index (χ2v) is 8.02. The Bertz CT molecular complexity index is 851. The Morgan fingerprint density at radius 1 is 1.12 bits per heavy atom. The Hall–Kier alpha value is -1.96. The van der Waals surface area contributed by atoms with Gasteiger partial charge in [-0.05, 0) is 44.1 Å². The molecule has 1 N–H and O–H groups in total. The van der Waals surface area contributed by atoms with E-state index in [2.05, 4.69) is 9.62 Å². The Labute approximate surface area is 153 Å². The van der Waals surface area contributed by atoms with Crippen LogP contribution in [0.1, 0.15) is 24.4 Å². The van der Waals surface area contributed by atoms with E-state index in [1.165, 1.54) is 18.2 Å². The molecule has 5 nitrogen and oxygen atoms in total. The maximum atomic E-state index is 13.9. The lowest BCUT2D eigenvalue weighted by Gasteiger charge is -2.29. The maximum Gasteiger partial charge on any atom is 0.243 e. The number of halogens is 1. The largest absolute Gasteiger partial charge is 0.496 e. The number of nitrogens with one attached hydrogen (secondary N) is 1. The van der Waals surface area contributed by atoms with Crippen LogP contribution >= 0.6 is 0 Å². The van der Waals surface area contributed by atoms with Crippen molar-refractivity contribution in [2.24, 2.45) is 0 Å². The molecular weight excluding hydrogens is 355 g/mol. The molecule has 7 heteroatoms. The summed E-state index contributed by atoms with van der Waals surface area (Å²) < 4.78 is 47.1. The highest BCUT2D eigenvalue weighted by Crippen LogP contribution is 2.31. The number of benzene rings is 2. The van der Waals surface area contributed by atoms with Crippen LogP contribution in [0, 0.1) is 5.82 Å². The van der Waals surface area contributed by atoms with Gasteiger partial charge in [0.05, 0.1) is 13.2 Å². The van der Waals surface area contributed by atoms with Crippen LogP contribution < -0.4 is 9.46 Å². The van der Waals surface area contributed by atoms with E-state index in [-0.39, 0.29) is 17.5 Å². The second-order valence-electron chi connectivity index (χ2n) is 6.28. The summed E-state index contributed by atoms with van der Waals surface area (Å²) in [6.45, 7) is 1.94. The lowest BCUT2D eigenvalue weighted by Crippen LogP contribution is -2.37. The van der Waals surface area contributed by atoms with Crippen molar-refractivity contribution in [3.8, 4) is 5.75 Å². The molecule has 1 aliphatic heterocycles. The molecule has 1 saturated heterocycles. The van der Waals surface area contributed by atoms with Crippen molar-refractivity contribution in [1.29, 1.82) is 0 Å². The highest BCUT2D eigenvalue weighted by Gasteiger charge is 2.28. The molecule has 2 aromatic carbocycles. The van der Waals surface area contributed by atoms with Gasteiger partial charge in [0, 0.05) is 12.1 Å². The molecule has 1 heterocycles. The van der Waals surface area contributed by atoms with Crippen LogP contribution in [-0.2, 0) is 10.0 Å². The molecule has 0 amide bonds. The lowest BCUT2D eigenvalue weighted by molar-refractivity contribution is 0.240. The molecule has 1 aliphatic rings. The Balaban J connectivity index is 1.86. The average molecular weight is 378 g/mol. The van der Waals surface area contributed by atoms with Gasteiger partial charge in [-0.25, -0.2) is 17.5 Å². The van der Waals surface area contributed by atoms with E-state index in [4.69, 9.17) is 4.74 Å². The predicted molar refractivity (Wildman–Crippen MR) is 98.1 cm³/mol. The van der Waals surface area contributed by atoms with Crippen molar-refractivity contribution < 1.29 is 17.5 Å². The first-order chi connectivity index (χ1) is 12.5. The van der Waals surface area contributed by atoms with Crippen LogP contribution in [0.2, 0.25) is 0 Å². The summed E-state index contributed by atoms with van der Waals surface area (Å²) in [5, 5.41) is 0.